The zero-order valence-corrected chi connectivity index (χ0v) is 15.7. The Morgan fingerprint density at radius 3 is 2.50 bits per heavy atom. The highest BCUT2D eigenvalue weighted by atomic mass is 16.5. The minimum absolute atomic E-state index is 0.0590. The molecule has 0 amide bonds. The van der Waals surface area contributed by atoms with Crippen molar-refractivity contribution < 1.29 is 19.4 Å². The summed E-state index contributed by atoms with van der Waals surface area (Å²) in [4.78, 5) is 11.6. The van der Waals surface area contributed by atoms with E-state index in [1.165, 1.54) is 0 Å². The molecule has 0 aromatic heterocycles. The van der Waals surface area contributed by atoms with E-state index in [4.69, 9.17) is 9.47 Å². The highest BCUT2D eigenvalue weighted by Gasteiger charge is 2.13. The minimum Gasteiger partial charge on any atom is -0.503 e. The number of carbonyl (C=O) groups is 1. The Morgan fingerprint density at radius 2 is 1.82 bits per heavy atom. The Labute approximate surface area is 162 Å². The molecule has 0 unspecified atom stereocenters. The number of fused-ring (bicyclic) bond motifs is 1. The molecule has 0 saturated heterocycles. The Morgan fingerprint density at radius 1 is 1.11 bits per heavy atom. The van der Waals surface area contributed by atoms with Gasteiger partial charge in [0.2, 0.25) is 0 Å². The van der Waals surface area contributed by atoms with E-state index in [9.17, 15) is 9.90 Å². The average molecular weight is 376 g/mol. The van der Waals surface area contributed by atoms with Crippen molar-refractivity contribution in [3.8, 4) is 17.2 Å². The van der Waals surface area contributed by atoms with Crippen LogP contribution in [0.1, 0.15) is 13.8 Å². The molecule has 6 heteroatoms. The van der Waals surface area contributed by atoms with Crippen molar-refractivity contribution in [2.45, 2.75) is 13.8 Å². The first-order chi connectivity index (χ1) is 13.5. The number of aromatic hydroxyl groups is 1. The number of esters is 1. The summed E-state index contributed by atoms with van der Waals surface area (Å²) in [6.07, 6.45) is 0. The summed E-state index contributed by atoms with van der Waals surface area (Å²) in [5.74, 6) is 0.200. The summed E-state index contributed by atoms with van der Waals surface area (Å²) in [5, 5.41) is 20.6. The van der Waals surface area contributed by atoms with E-state index in [0.717, 1.165) is 10.8 Å². The van der Waals surface area contributed by atoms with E-state index < -0.39 is 5.97 Å². The van der Waals surface area contributed by atoms with Gasteiger partial charge in [-0.2, -0.15) is 5.11 Å². The van der Waals surface area contributed by atoms with Gasteiger partial charge in [0, 0.05) is 11.0 Å². The minimum atomic E-state index is -0.487. The molecule has 0 spiro atoms. The molecule has 28 heavy (non-hydrogen) atoms. The lowest BCUT2D eigenvalue weighted by atomic mass is 10.1. The van der Waals surface area contributed by atoms with Crippen LogP contribution in [0.2, 0.25) is 0 Å². The molecule has 0 aliphatic carbocycles. The van der Waals surface area contributed by atoms with Crippen molar-refractivity contribution in [1.82, 2.24) is 0 Å². The molecule has 3 rings (SSSR count). The molecule has 0 bridgehead atoms. The second kappa shape index (κ2) is 8.35. The van der Waals surface area contributed by atoms with Gasteiger partial charge in [0.15, 0.2) is 11.5 Å². The lowest BCUT2D eigenvalue weighted by Gasteiger charge is -2.10. The van der Waals surface area contributed by atoms with Gasteiger partial charge in [-0.05, 0) is 49.6 Å². The van der Waals surface area contributed by atoms with Crippen molar-refractivity contribution >= 4 is 28.1 Å². The number of carbonyl (C=O) groups excluding carboxylic acids is 1. The van der Waals surface area contributed by atoms with E-state index in [1.807, 2.05) is 31.2 Å². The highest BCUT2D eigenvalue weighted by Crippen LogP contribution is 2.43. The van der Waals surface area contributed by atoms with Gasteiger partial charge in [0.1, 0.15) is 11.4 Å². The van der Waals surface area contributed by atoms with Crippen LogP contribution in [0.5, 0.6) is 17.2 Å². The maximum absolute atomic E-state index is 11.6. The summed E-state index contributed by atoms with van der Waals surface area (Å²) in [6, 6.07) is 15.9. The van der Waals surface area contributed by atoms with Crippen LogP contribution < -0.4 is 9.47 Å². The van der Waals surface area contributed by atoms with Gasteiger partial charge < -0.3 is 14.6 Å². The summed E-state index contributed by atoms with van der Waals surface area (Å²) < 4.78 is 10.6. The quantitative estimate of drug-likeness (QED) is 0.254. The number of ether oxygens (including phenoxy) is 2. The van der Waals surface area contributed by atoms with Crippen LogP contribution in [0.15, 0.2) is 77.0 Å². The predicted molar refractivity (Wildman–Crippen MR) is 108 cm³/mol. The lowest BCUT2D eigenvalue weighted by molar-refractivity contribution is -0.130. The Bertz CT molecular complexity index is 1060. The first-order valence-electron chi connectivity index (χ1n) is 8.76. The van der Waals surface area contributed by atoms with E-state index in [-0.39, 0.29) is 5.75 Å². The molecular weight excluding hydrogens is 356 g/mol. The van der Waals surface area contributed by atoms with Crippen LogP contribution in [-0.4, -0.2) is 17.7 Å². The van der Waals surface area contributed by atoms with Gasteiger partial charge in [-0.3, -0.25) is 0 Å². The topological polar surface area (TPSA) is 80.5 Å². The molecule has 1 N–H and O–H groups in total. The van der Waals surface area contributed by atoms with Gasteiger partial charge in [-0.1, -0.05) is 30.8 Å². The predicted octanol–water partition coefficient (Wildman–Crippen LogP) is 5.84. The van der Waals surface area contributed by atoms with Gasteiger partial charge in [-0.25, -0.2) is 4.79 Å². The number of rotatable bonds is 6. The monoisotopic (exact) mass is 376 g/mol. The van der Waals surface area contributed by atoms with Crippen LogP contribution >= 0.6 is 0 Å². The maximum Gasteiger partial charge on any atom is 0.338 e. The summed E-state index contributed by atoms with van der Waals surface area (Å²) in [6.45, 7) is 7.39. The van der Waals surface area contributed by atoms with Crippen molar-refractivity contribution in [3.05, 3.63) is 66.7 Å². The first-order valence-corrected chi connectivity index (χ1v) is 8.76. The van der Waals surface area contributed by atoms with Gasteiger partial charge in [0.25, 0.3) is 0 Å². The number of azo groups is 1. The van der Waals surface area contributed by atoms with E-state index in [1.54, 1.807) is 37.3 Å². The SMILES string of the molecule is C=C(C)C(=O)Oc1ccc(N=Nc2c(O)c(OCC)cc3ccccc23)cc1. The number of phenolic OH excluding ortho intramolecular Hbond substituents is 1. The van der Waals surface area contributed by atoms with Crippen molar-refractivity contribution in [2.75, 3.05) is 6.61 Å². The van der Waals surface area contributed by atoms with Crippen molar-refractivity contribution in [3.63, 3.8) is 0 Å². The molecule has 6 nitrogen and oxygen atoms in total. The second-order valence-corrected chi connectivity index (χ2v) is 6.09. The average Bonchev–Trinajstić information content (AvgIpc) is 2.69. The van der Waals surface area contributed by atoms with E-state index >= 15 is 0 Å². The summed E-state index contributed by atoms with van der Waals surface area (Å²) in [5.41, 5.74) is 1.19. The third-order valence-electron chi connectivity index (χ3n) is 3.92. The lowest BCUT2D eigenvalue weighted by Crippen LogP contribution is -2.07. The Hall–Kier alpha value is -3.67. The molecule has 3 aromatic carbocycles. The fourth-order valence-corrected chi connectivity index (χ4v) is 2.54. The second-order valence-electron chi connectivity index (χ2n) is 6.09. The summed E-state index contributed by atoms with van der Waals surface area (Å²) >= 11 is 0. The van der Waals surface area contributed by atoms with E-state index in [2.05, 4.69) is 16.8 Å². The zero-order valence-electron chi connectivity index (χ0n) is 15.7. The molecule has 142 valence electrons. The zero-order chi connectivity index (χ0) is 20.1. The van der Waals surface area contributed by atoms with E-state index in [0.29, 0.717) is 35.1 Å². The van der Waals surface area contributed by atoms with Crippen LogP contribution in [0.4, 0.5) is 11.4 Å². The smallest absolute Gasteiger partial charge is 0.338 e. The molecule has 0 saturated carbocycles. The van der Waals surface area contributed by atoms with Gasteiger partial charge >= 0.3 is 5.97 Å². The molecule has 0 aliphatic rings. The third-order valence-corrected chi connectivity index (χ3v) is 3.92. The third kappa shape index (κ3) is 4.17. The highest BCUT2D eigenvalue weighted by molar-refractivity contribution is 5.97. The number of hydrogen-bond acceptors (Lipinski definition) is 6. The van der Waals surface area contributed by atoms with Crippen molar-refractivity contribution in [2.24, 2.45) is 10.2 Å². The van der Waals surface area contributed by atoms with Crippen LogP contribution in [-0.2, 0) is 4.79 Å². The van der Waals surface area contributed by atoms with Crippen LogP contribution in [0.25, 0.3) is 10.8 Å². The normalized spacial score (nSPS) is 10.9. The Balaban J connectivity index is 1.91. The fraction of sp³-hybridized carbons (Fsp3) is 0.136. The number of hydrogen-bond donors (Lipinski definition) is 1. The summed E-state index contributed by atoms with van der Waals surface area (Å²) in [7, 11) is 0. The molecule has 3 aromatic rings. The number of nitrogens with zero attached hydrogens (tertiary/aromatic N) is 2. The fourth-order valence-electron chi connectivity index (χ4n) is 2.54. The molecule has 0 aliphatic heterocycles. The molecule has 0 fully saturated rings. The standard InChI is InChI=1S/C22H20N2O4/c1-4-27-19-13-15-7-5-6-8-18(15)20(21(19)25)24-23-16-9-11-17(12-10-16)28-22(26)14(2)3/h5-13,25H,2,4H2,1,3H3. The van der Waals surface area contributed by atoms with Crippen LogP contribution in [0.3, 0.4) is 0 Å². The number of benzene rings is 3. The van der Waals surface area contributed by atoms with Gasteiger partial charge in [0.05, 0.1) is 12.3 Å². The molecular formula is C22H20N2O4. The first kappa shape index (κ1) is 19.1. The van der Waals surface area contributed by atoms with Gasteiger partial charge in [-0.15, -0.1) is 5.11 Å². The Kier molecular flexibility index (Phi) is 5.69. The molecule has 0 radical (unpaired) electrons. The van der Waals surface area contributed by atoms with Crippen LogP contribution in [0, 0.1) is 0 Å². The largest absolute Gasteiger partial charge is 0.503 e. The molecule has 0 heterocycles. The maximum atomic E-state index is 11.6. The number of phenols is 1. The van der Waals surface area contributed by atoms with Crippen molar-refractivity contribution in [1.29, 1.82) is 0 Å². The molecule has 0 atom stereocenters.